The molecule has 0 radical (unpaired) electrons. The molecule has 2 heterocycles. The van der Waals surface area contributed by atoms with Gasteiger partial charge in [0.15, 0.2) is 5.13 Å². The largest absolute Gasteiger partial charge is 0.302 e. The number of nitrogens with zero attached hydrogens (tertiary/aromatic N) is 3. The summed E-state index contributed by atoms with van der Waals surface area (Å²) in [4.78, 5) is 22.9. The summed E-state index contributed by atoms with van der Waals surface area (Å²) in [5, 5.41) is 2.78. The number of rotatable bonds is 8. The van der Waals surface area contributed by atoms with E-state index in [0.717, 1.165) is 39.9 Å². The third kappa shape index (κ3) is 5.03. The second-order valence-electron chi connectivity index (χ2n) is 6.33. The van der Waals surface area contributed by atoms with Gasteiger partial charge in [0.2, 0.25) is 0 Å². The van der Waals surface area contributed by atoms with Crippen molar-refractivity contribution in [3.63, 3.8) is 0 Å². The highest BCUT2D eigenvalue weighted by Crippen LogP contribution is 2.29. The van der Waals surface area contributed by atoms with Crippen molar-refractivity contribution < 1.29 is 4.79 Å². The van der Waals surface area contributed by atoms with E-state index < -0.39 is 0 Å². The van der Waals surface area contributed by atoms with Gasteiger partial charge in [-0.25, -0.2) is 4.98 Å². The van der Waals surface area contributed by atoms with Crippen LogP contribution in [0.4, 0.5) is 5.13 Å². The van der Waals surface area contributed by atoms with Gasteiger partial charge in [-0.15, -0.1) is 11.3 Å². The Morgan fingerprint density at radius 2 is 2.00 bits per heavy atom. The third-order valence-electron chi connectivity index (χ3n) is 4.50. The molecule has 6 heteroatoms. The fourth-order valence-electron chi connectivity index (χ4n) is 2.85. The van der Waals surface area contributed by atoms with Crippen molar-refractivity contribution in [1.82, 2.24) is 9.88 Å². The van der Waals surface area contributed by atoms with Crippen molar-refractivity contribution in [3.05, 3.63) is 52.2 Å². The SMILES string of the molecule is CCN(CC)CCN(C(=O)C=Cc1cccs1)c1nc2ccc(C)cc2s1. The van der Waals surface area contributed by atoms with E-state index in [9.17, 15) is 4.79 Å². The zero-order valence-electron chi connectivity index (χ0n) is 16.0. The lowest BCUT2D eigenvalue weighted by molar-refractivity contribution is -0.114. The summed E-state index contributed by atoms with van der Waals surface area (Å²) in [6.45, 7) is 9.78. The number of thiophene rings is 1. The van der Waals surface area contributed by atoms with E-state index in [0.29, 0.717) is 6.54 Å². The maximum atomic E-state index is 13.0. The number of aromatic nitrogens is 1. The van der Waals surface area contributed by atoms with Gasteiger partial charge >= 0.3 is 0 Å². The number of carbonyl (C=O) groups is 1. The summed E-state index contributed by atoms with van der Waals surface area (Å²) in [5.74, 6) is -0.0219. The molecule has 142 valence electrons. The minimum atomic E-state index is -0.0219. The first kappa shape index (κ1) is 19.7. The Labute approximate surface area is 168 Å². The molecule has 0 N–H and O–H groups in total. The highest BCUT2D eigenvalue weighted by molar-refractivity contribution is 7.22. The first-order valence-corrected chi connectivity index (χ1v) is 10.9. The Hall–Kier alpha value is -2.02. The van der Waals surface area contributed by atoms with Crippen LogP contribution in [0, 0.1) is 6.92 Å². The quantitative estimate of drug-likeness (QED) is 0.497. The summed E-state index contributed by atoms with van der Waals surface area (Å²) < 4.78 is 1.12. The number of hydrogen-bond acceptors (Lipinski definition) is 5. The van der Waals surface area contributed by atoms with Crippen molar-refractivity contribution >= 4 is 50.0 Å². The van der Waals surface area contributed by atoms with Crippen LogP contribution in [-0.2, 0) is 4.79 Å². The normalized spacial score (nSPS) is 11.7. The molecule has 0 spiro atoms. The number of thiazole rings is 1. The van der Waals surface area contributed by atoms with E-state index in [4.69, 9.17) is 4.98 Å². The van der Waals surface area contributed by atoms with Gasteiger partial charge in [-0.05, 0) is 55.2 Å². The number of anilines is 1. The molecule has 0 aliphatic carbocycles. The third-order valence-corrected chi connectivity index (χ3v) is 6.38. The summed E-state index contributed by atoms with van der Waals surface area (Å²) in [6.07, 6.45) is 3.54. The lowest BCUT2D eigenvalue weighted by atomic mass is 10.2. The zero-order chi connectivity index (χ0) is 19.2. The fraction of sp³-hybridized carbons (Fsp3) is 0.333. The van der Waals surface area contributed by atoms with Gasteiger partial charge < -0.3 is 4.90 Å². The van der Waals surface area contributed by atoms with E-state index in [1.165, 1.54) is 5.56 Å². The van der Waals surface area contributed by atoms with Gasteiger partial charge in [-0.2, -0.15) is 0 Å². The zero-order valence-corrected chi connectivity index (χ0v) is 17.6. The molecular weight excluding hydrogens is 374 g/mol. The van der Waals surface area contributed by atoms with Crippen LogP contribution in [-0.4, -0.2) is 42.0 Å². The molecule has 3 aromatic rings. The smallest absolute Gasteiger partial charge is 0.252 e. The van der Waals surface area contributed by atoms with Crippen molar-refractivity contribution in [1.29, 1.82) is 0 Å². The van der Waals surface area contributed by atoms with E-state index in [1.54, 1.807) is 28.7 Å². The first-order chi connectivity index (χ1) is 13.1. The van der Waals surface area contributed by atoms with Crippen molar-refractivity contribution in [2.45, 2.75) is 20.8 Å². The molecule has 0 fully saturated rings. The molecule has 1 amide bonds. The molecule has 27 heavy (non-hydrogen) atoms. The van der Waals surface area contributed by atoms with Gasteiger partial charge in [0, 0.05) is 24.0 Å². The number of carbonyl (C=O) groups excluding carboxylic acids is 1. The van der Waals surface area contributed by atoms with Gasteiger partial charge in [0.25, 0.3) is 5.91 Å². The van der Waals surface area contributed by atoms with E-state index in [2.05, 4.69) is 37.8 Å². The molecule has 0 atom stereocenters. The second-order valence-corrected chi connectivity index (χ2v) is 8.32. The number of aryl methyl sites for hydroxylation is 1. The molecule has 0 unspecified atom stereocenters. The number of amides is 1. The Kier molecular flexibility index (Phi) is 6.77. The fourth-order valence-corrected chi connectivity index (χ4v) is 4.56. The van der Waals surface area contributed by atoms with Crippen LogP contribution < -0.4 is 4.90 Å². The average molecular weight is 400 g/mol. The average Bonchev–Trinajstić information content (AvgIpc) is 3.32. The summed E-state index contributed by atoms with van der Waals surface area (Å²) in [5.41, 5.74) is 2.15. The monoisotopic (exact) mass is 399 g/mol. The molecular formula is C21H25N3OS2. The van der Waals surface area contributed by atoms with Gasteiger partial charge in [0.1, 0.15) is 0 Å². The number of fused-ring (bicyclic) bond motifs is 1. The molecule has 0 aliphatic rings. The highest BCUT2D eigenvalue weighted by atomic mass is 32.1. The molecule has 3 rings (SSSR count). The van der Waals surface area contributed by atoms with Crippen molar-refractivity contribution in [3.8, 4) is 0 Å². The van der Waals surface area contributed by atoms with Crippen molar-refractivity contribution in [2.24, 2.45) is 0 Å². The molecule has 0 saturated carbocycles. The van der Waals surface area contributed by atoms with Crippen LogP contribution in [0.5, 0.6) is 0 Å². The lowest BCUT2D eigenvalue weighted by Crippen LogP contribution is -2.38. The van der Waals surface area contributed by atoms with Crippen LogP contribution in [0.25, 0.3) is 16.3 Å². The molecule has 4 nitrogen and oxygen atoms in total. The lowest BCUT2D eigenvalue weighted by Gasteiger charge is -2.23. The highest BCUT2D eigenvalue weighted by Gasteiger charge is 2.18. The maximum Gasteiger partial charge on any atom is 0.252 e. The Morgan fingerprint density at radius 1 is 1.19 bits per heavy atom. The van der Waals surface area contributed by atoms with Crippen LogP contribution in [0.3, 0.4) is 0 Å². The predicted octanol–water partition coefficient (Wildman–Crippen LogP) is 5.05. The molecule has 0 bridgehead atoms. The Bertz CT molecular complexity index is 911. The second kappa shape index (κ2) is 9.26. The summed E-state index contributed by atoms with van der Waals surface area (Å²) >= 11 is 3.21. The van der Waals surface area contributed by atoms with Gasteiger partial charge in [-0.3, -0.25) is 9.69 Å². The number of likely N-dealkylation sites (N-methyl/N-ethyl adjacent to an activating group) is 1. The molecule has 0 aliphatic heterocycles. The molecule has 2 aromatic heterocycles. The van der Waals surface area contributed by atoms with E-state index in [-0.39, 0.29) is 5.91 Å². The van der Waals surface area contributed by atoms with Crippen LogP contribution >= 0.6 is 22.7 Å². The van der Waals surface area contributed by atoms with E-state index in [1.807, 2.05) is 34.6 Å². The van der Waals surface area contributed by atoms with Crippen LogP contribution in [0.15, 0.2) is 41.8 Å². The standard InChI is InChI=1S/C21H25N3OS2/c1-4-23(5-2)12-13-24(20(25)11-9-17-7-6-14-26-17)21-22-18-10-8-16(3)15-19(18)27-21/h6-11,14-15H,4-5,12-13H2,1-3H3. The van der Waals surface area contributed by atoms with Crippen LogP contribution in [0.1, 0.15) is 24.3 Å². The molecule has 1 aromatic carbocycles. The summed E-state index contributed by atoms with van der Waals surface area (Å²) in [7, 11) is 0. The topological polar surface area (TPSA) is 36.4 Å². The van der Waals surface area contributed by atoms with Crippen LogP contribution in [0.2, 0.25) is 0 Å². The molecule has 0 saturated heterocycles. The number of hydrogen-bond donors (Lipinski definition) is 0. The Morgan fingerprint density at radius 3 is 2.70 bits per heavy atom. The first-order valence-electron chi connectivity index (χ1n) is 9.23. The maximum absolute atomic E-state index is 13.0. The predicted molar refractivity (Wildman–Crippen MR) is 118 cm³/mol. The Balaban J connectivity index is 1.86. The number of benzene rings is 1. The minimum absolute atomic E-state index is 0.0219. The van der Waals surface area contributed by atoms with Gasteiger partial charge in [0.05, 0.1) is 10.2 Å². The van der Waals surface area contributed by atoms with E-state index >= 15 is 0 Å². The van der Waals surface area contributed by atoms with Gasteiger partial charge in [-0.1, -0.05) is 37.3 Å². The summed E-state index contributed by atoms with van der Waals surface area (Å²) in [6, 6.07) is 10.2. The minimum Gasteiger partial charge on any atom is -0.302 e. The van der Waals surface area contributed by atoms with Crippen molar-refractivity contribution in [2.75, 3.05) is 31.1 Å².